The lowest BCUT2D eigenvalue weighted by Crippen LogP contribution is -2.65. The summed E-state index contributed by atoms with van der Waals surface area (Å²) < 4.78 is 63.4. The highest BCUT2D eigenvalue weighted by atomic mass is 35.6. The minimum absolute atomic E-state index is 0.0249. The Labute approximate surface area is 491 Å². The second kappa shape index (κ2) is 36.9. The minimum atomic E-state index is -4.98. The summed E-state index contributed by atoms with van der Waals surface area (Å²) in [5.41, 5.74) is -3.38. The maximum absolute atomic E-state index is 15.1. The number of esters is 2. The van der Waals surface area contributed by atoms with Crippen LogP contribution in [0.3, 0.4) is 0 Å². The van der Waals surface area contributed by atoms with Crippen molar-refractivity contribution in [1.29, 1.82) is 0 Å². The molecule has 23 heteroatoms. The van der Waals surface area contributed by atoms with E-state index in [0.29, 0.717) is 19.3 Å². The number of hydrogen-bond acceptors (Lipinski definition) is 14. The summed E-state index contributed by atoms with van der Waals surface area (Å²) in [6.07, 6.45) is 12.8. The number of rotatable bonds is 37. The standard InChI is InChI=1S/C54H79Cl7NO14P/c1-5-7-9-11-13-15-16-18-20-22-30-36-44(63)70-42(35-25-21-19-17-14-12-10-8-6-2)37-45(64)72-48-46(62-50(65)69-39-53(56,57)58)49(55)71-43(38-68-51(66)73-52(3,4)54(59,60)61)47(48)76-77(67,74-40-31-26-23-27-32-40)75-41-33-28-24-29-34-41/h23-24,26-29,31-34,42-43,46-49H,5-22,25,30,35-39H2,1-4H3,(H,62,65)/t42-,43-,46-,47-,48-,49+/m1/s1. The molecule has 1 N–H and O–H groups in total. The molecule has 1 amide bonds. The monoisotopic (exact) mass is 1240 g/mol. The number of carbonyl (C=O) groups is 4. The van der Waals surface area contributed by atoms with Crippen LogP contribution in [0, 0.1) is 0 Å². The van der Waals surface area contributed by atoms with Crippen LogP contribution in [0.25, 0.3) is 0 Å². The maximum atomic E-state index is 15.1. The van der Waals surface area contributed by atoms with Gasteiger partial charge in [-0.25, -0.2) is 14.2 Å². The Morgan fingerprint density at radius 1 is 0.649 bits per heavy atom. The van der Waals surface area contributed by atoms with Gasteiger partial charge in [-0.1, -0.05) is 247 Å². The number of halogens is 7. The van der Waals surface area contributed by atoms with Crippen molar-refractivity contribution in [3.8, 4) is 11.5 Å². The van der Waals surface area contributed by atoms with Crippen LogP contribution in [0.1, 0.15) is 175 Å². The van der Waals surface area contributed by atoms with E-state index in [-0.39, 0.29) is 17.9 Å². The van der Waals surface area contributed by atoms with Gasteiger partial charge in [0.1, 0.15) is 49.1 Å². The van der Waals surface area contributed by atoms with E-state index in [4.69, 9.17) is 123 Å². The molecule has 77 heavy (non-hydrogen) atoms. The van der Waals surface area contributed by atoms with Crippen LogP contribution in [0.2, 0.25) is 0 Å². The van der Waals surface area contributed by atoms with Crippen LogP contribution in [-0.4, -0.2) is 86.6 Å². The van der Waals surface area contributed by atoms with E-state index in [0.717, 1.165) is 64.2 Å². The molecule has 0 spiro atoms. The van der Waals surface area contributed by atoms with Crippen molar-refractivity contribution in [3.63, 3.8) is 0 Å². The Balaban J connectivity index is 1.99. The largest absolute Gasteiger partial charge is 0.588 e. The van der Waals surface area contributed by atoms with Gasteiger partial charge in [-0.05, 0) is 57.4 Å². The van der Waals surface area contributed by atoms with Crippen molar-refractivity contribution in [3.05, 3.63) is 60.7 Å². The van der Waals surface area contributed by atoms with E-state index in [9.17, 15) is 19.2 Å². The highest BCUT2D eigenvalue weighted by molar-refractivity contribution is 7.49. The second-order valence-electron chi connectivity index (χ2n) is 19.6. The van der Waals surface area contributed by atoms with E-state index in [1.807, 2.05) is 0 Å². The SMILES string of the molecule is CCCCCCCCCCCCCC(=O)O[C@H](CCCCCCCCCCC)CC(=O)O[C@@H]1[C@@H](NC(=O)OCC(Cl)(Cl)Cl)[C@@H](Cl)O[C@H](COC(=O)OC(C)(C)C(Cl)(Cl)Cl)[C@H]1OP(=O)(Oc1ccccc1)Oc1ccccc1. The van der Waals surface area contributed by atoms with Crippen LogP contribution in [-0.2, 0) is 47.1 Å². The van der Waals surface area contributed by atoms with Crippen LogP contribution < -0.4 is 14.4 Å². The third kappa shape index (κ3) is 29.3. The lowest BCUT2D eigenvalue weighted by molar-refractivity contribution is -0.196. The van der Waals surface area contributed by atoms with Crippen molar-refractivity contribution in [2.24, 2.45) is 0 Å². The number of phosphoric ester groups is 1. The number of hydrogen-bond donors (Lipinski definition) is 1. The van der Waals surface area contributed by atoms with Crippen LogP contribution >= 0.6 is 89.0 Å². The zero-order chi connectivity index (χ0) is 56.7. The Morgan fingerprint density at radius 2 is 1.13 bits per heavy atom. The number of amides is 1. The Morgan fingerprint density at radius 3 is 1.61 bits per heavy atom. The van der Waals surface area contributed by atoms with Crippen molar-refractivity contribution >= 4 is 113 Å². The number of ether oxygens (including phenoxy) is 6. The van der Waals surface area contributed by atoms with Gasteiger partial charge in [0.25, 0.3) is 0 Å². The third-order valence-corrected chi connectivity index (χ3v) is 15.9. The number of phosphoric acid groups is 1. The molecule has 438 valence electrons. The predicted octanol–water partition coefficient (Wildman–Crippen LogP) is 17.2. The third-order valence-electron chi connectivity index (χ3n) is 12.4. The highest BCUT2D eigenvalue weighted by Crippen LogP contribution is 2.53. The van der Waals surface area contributed by atoms with Gasteiger partial charge in [-0.3, -0.25) is 14.1 Å². The van der Waals surface area contributed by atoms with E-state index >= 15 is 4.57 Å². The first kappa shape index (κ1) is 69.0. The molecular weight excluding hydrogens is 1170 g/mol. The van der Waals surface area contributed by atoms with E-state index in [2.05, 4.69) is 19.2 Å². The predicted molar refractivity (Wildman–Crippen MR) is 304 cm³/mol. The van der Waals surface area contributed by atoms with Gasteiger partial charge in [0.15, 0.2) is 17.3 Å². The fraction of sp³-hybridized carbons (Fsp3) is 0.704. The van der Waals surface area contributed by atoms with Gasteiger partial charge in [0, 0.05) is 6.42 Å². The molecule has 1 saturated heterocycles. The van der Waals surface area contributed by atoms with Crippen molar-refractivity contribution in [1.82, 2.24) is 5.32 Å². The van der Waals surface area contributed by atoms with Gasteiger partial charge in [-0.15, -0.1) is 0 Å². The Hall–Kier alpha value is -2.30. The van der Waals surface area contributed by atoms with E-state index < -0.39 is 101 Å². The molecule has 1 aliphatic rings. The average molecular weight is 1250 g/mol. The van der Waals surface area contributed by atoms with Gasteiger partial charge in [0.2, 0.25) is 7.59 Å². The molecule has 0 radical (unpaired) electrons. The summed E-state index contributed by atoms with van der Waals surface area (Å²) >= 11 is 42.7. The number of para-hydroxylation sites is 2. The topological polar surface area (TPSA) is 180 Å². The first-order valence-electron chi connectivity index (χ1n) is 26.9. The molecule has 0 unspecified atom stereocenters. The smallest absolute Gasteiger partial charge is 0.462 e. The van der Waals surface area contributed by atoms with Gasteiger partial charge in [-0.2, -0.15) is 0 Å². The number of alkyl halides is 7. The van der Waals surface area contributed by atoms with Crippen LogP contribution in [0.5, 0.6) is 11.5 Å². The Bertz CT molecular complexity index is 1990. The fourth-order valence-corrected chi connectivity index (χ4v) is 10.2. The lowest BCUT2D eigenvalue weighted by atomic mass is 9.97. The molecule has 0 aliphatic carbocycles. The molecule has 1 aliphatic heterocycles. The number of unbranched alkanes of at least 4 members (excludes halogenated alkanes) is 18. The van der Waals surface area contributed by atoms with Crippen molar-refractivity contribution in [2.45, 2.75) is 225 Å². The Kier molecular flexibility index (Phi) is 33.1. The molecule has 15 nitrogen and oxygen atoms in total. The van der Waals surface area contributed by atoms with Gasteiger partial charge in [0.05, 0.1) is 6.42 Å². The summed E-state index contributed by atoms with van der Waals surface area (Å²) in [6, 6.07) is 14.1. The molecule has 1 fully saturated rings. The quantitative estimate of drug-likeness (QED) is 0.0222. The van der Waals surface area contributed by atoms with Gasteiger partial charge < -0.3 is 42.8 Å². The van der Waals surface area contributed by atoms with Crippen molar-refractivity contribution < 1.29 is 65.7 Å². The highest BCUT2D eigenvalue weighted by Gasteiger charge is 2.54. The number of benzene rings is 2. The fourth-order valence-electron chi connectivity index (χ4n) is 8.10. The maximum Gasteiger partial charge on any atom is 0.588 e. The summed E-state index contributed by atoms with van der Waals surface area (Å²) in [4.78, 5) is 54.6. The molecular formula is C54H79Cl7NO14P. The summed E-state index contributed by atoms with van der Waals surface area (Å²) in [5, 5.41) is 2.47. The first-order valence-corrected chi connectivity index (χ1v) is 31.1. The first-order chi connectivity index (χ1) is 36.5. The van der Waals surface area contributed by atoms with Gasteiger partial charge >= 0.3 is 32.0 Å². The molecule has 2 aromatic rings. The number of nitrogens with one attached hydrogen (secondary N) is 1. The zero-order valence-electron chi connectivity index (χ0n) is 44.7. The molecule has 0 bridgehead atoms. The molecule has 1 heterocycles. The van der Waals surface area contributed by atoms with Crippen LogP contribution in [0.4, 0.5) is 9.59 Å². The van der Waals surface area contributed by atoms with Crippen molar-refractivity contribution in [2.75, 3.05) is 13.2 Å². The summed E-state index contributed by atoms with van der Waals surface area (Å²) in [7, 11) is -4.98. The molecule has 2 aromatic carbocycles. The average Bonchev–Trinajstić information content (AvgIpc) is 3.35. The number of carbonyl (C=O) groups excluding carboxylic acids is 4. The van der Waals surface area contributed by atoms with Crippen LogP contribution in [0.15, 0.2) is 60.7 Å². The van der Waals surface area contributed by atoms with E-state index in [1.165, 1.54) is 89.5 Å². The summed E-state index contributed by atoms with van der Waals surface area (Å²) in [6.45, 7) is 5.50. The summed E-state index contributed by atoms with van der Waals surface area (Å²) in [5.74, 6) is -1.36. The second-order valence-corrected chi connectivity index (χ2v) is 26.3. The molecule has 0 aromatic heterocycles. The van der Waals surface area contributed by atoms with E-state index in [1.54, 1.807) is 36.4 Å². The normalized spacial score (nSPS) is 18.4. The number of alkyl carbamates (subject to hydrolysis) is 1. The minimum Gasteiger partial charge on any atom is -0.462 e. The zero-order valence-corrected chi connectivity index (χ0v) is 50.9. The lowest BCUT2D eigenvalue weighted by Gasteiger charge is -2.44. The molecule has 0 saturated carbocycles. The molecule has 6 atom stereocenters. The molecule has 3 rings (SSSR count).